The number of nitrogens with one attached hydrogen (secondary N) is 2. The smallest absolute Gasteiger partial charge is 0.250 e. The van der Waals surface area contributed by atoms with Gasteiger partial charge in [-0.2, -0.15) is 0 Å². The molecule has 0 aliphatic carbocycles. The van der Waals surface area contributed by atoms with E-state index in [0.29, 0.717) is 6.04 Å². The van der Waals surface area contributed by atoms with Crippen molar-refractivity contribution in [3.8, 4) is 0 Å². The van der Waals surface area contributed by atoms with E-state index >= 15 is 0 Å². The summed E-state index contributed by atoms with van der Waals surface area (Å²) < 4.78 is 2.20. The Bertz CT molecular complexity index is 791. The third-order valence-electron chi connectivity index (χ3n) is 5.97. The number of likely N-dealkylation sites (tertiary alicyclic amines) is 1. The van der Waals surface area contributed by atoms with Crippen molar-refractivity contribution in [3.63, 3.8) is 0 Å². The van der Waals surface area contributed by atoms with Crippen LogP contribution in [0.1, 0.15) is 32.0 Å². The highest BCUT2D eigenvalue weighted by atomic mass is 16.2. The summed E-state index contributed by atoms with van der Waals surface area (Å²) in [4.78, 5) is 19.5. The molecule has 3 heterocycles. The van der Waals surface area contributed by atoms with Crippen LogP contribution >= 0.6 is 0 Å². The summed E-state index contributed by atoms with van der Waals surface area (Å²) in [6.07, 6.45) is 6.66. The lowest BCUT2D eigenvalue weighted by Crippen LogP contribution is -2.59. The molecule has 0 saturated carbocycles. The van der Waals surface area contributed by atoms with Crippen molar-refractivity contribution in [2.45, 2.75) is 51.2 Å². The highest BCUT2D eigenvalue weighted by molar-refractivity contribution is 6.06. The van der Waals surface area contributed by atoms with Crippen LogP contribution in [0.5, 0.6) is 0 Å². The molecule has 1 saturated heterocycles. The van der Waals surface area contributed by atoms with Crippen molar-refractivity contribution in [1.29, 1.82) is 0 Å². The number of para-hydroxylation sites is 2. The first kappa shape index (κ1) is 17.1. The molecule has 2 aliphatic rings. The molecular weight excluding hydrogens is 326 g/mol. The average Bonchev–Trinajstić information content (AvgIpc) is 3.06. The number of piperidine rings is 1. The van der Waals surface area contributed by atoms with Gasteiger partial charge in [-0.3, -0.25) is 4.79 Å². The number of anilines is 2. The summed E-state index contributed by atoms with van der Waals surface area (Å²) in [5.41, 5.74) is 1.45. The maximum absolute atomic E-state index is 12.7. The molecule has 1 aromatic heterocycles. The van der Waals surface area contributed by atoms with E-state index in [-0.39, 0.29) is 5.91 Å². The summed E-state index contributed by atoms with van der Waals surface area (Å²) >= 11 is 0. The zero-order valence-electron chi connectivity index (χ0n) is 15.5. The van der Waals surface area contributed by atoms with Crippen molar-refractivity contribution in [2.75, 3.05) is 23.7 Å². The normalized spacial score (nSPS) is 20.3. The van der Waals surface area contributed by atoms with E-state index in [1.807, 2.05) is 43.6 Å². The largest absolute Gasteiger partial charge is 0.369 e. The molecule has 0 radical (unpaired) electrons. The van der Waals surface area contributed by atoms with E-state index in [4.69, 9.17) is 0 Å². The van der Waals surface area contributed by atoms with E-state index in [9.17, 15) is 4.79 Å². The fraction of sp³-hybridized carbons (Fsp3) is 0.500. The second-order valence-corrected chi connectivity index (χ2v) is 7.55. The molecule has 1 amide bonds. The van der Waals surface area contributed by atoms with E-state index in [2.05, 4.69) is 32.0 Å². The van der Waals surface area contributed by atoms with Crippen molar-refractivity contribution in [2.24, 2.45) is 0 Å². The SMILES string of the molecule is Cc1nccn1CC[C@H](C)N1CCC2(CC1)Nc1ccccc1NC2=O. The lowest BCUT2D eigenvalue weighted by atomic mass is 9.84. The Morgan fingerprint density at radius 2 is 1.96 bits per heavy atom. The van der Waals surface area contributed by atoms with Crippen LogP contribution in [-0.4, -0.2) is 45.0 Å². The maximum atomic E-state index is 12.7. The van der Waals surface area contributed by atoms with Crippen LogP contribution in [0.4, 0.5) is 11.4 Å². The lowest BCUT2D eigenvalue weighted by Gasteiger charge is -2.45. The quantitative estimate of drug-likeness (QED) is 0.887. The number of carbonyl (C=O) groups is 1. The van der Waals surface area contributed by atoms with Gasteiger partial charge in [0.05, 0.1) is 11.4 Å². The molecular formula is C20H27N5O. The minimum Gasteiger partial charge on any atom is -0.369 e. The number of aryl methyl sites for hydroxylation is 2. The maximum Gasteiger partial charge on any atom is 0.250 e. The molecule has 0 bridgehead atoms. The van der Waals surface area contributed by atoms with Gasteiger partial charge in [0, 0.05) is 38.1 Å². The lowest BCUT2D eigenvalue weighted by molar-refractivity contribution is -0.122. The second-order valence-electron chi connectivity index (χ2n) is 7.55. The second kappa shape index (κ2) is 6.76. The minimum atomic E-state index is -0.467. The van der Waals surface area contributed by atoms with E-state index in [1.54, 1.807) is 0 Å². The van der Waals surface area contributed by atoms with Crippen LogP contribution in [0.15, 0.2) is 36.7 Å². The van der Waals surface area contributed by atoms with Crippen LogP contribution in [0.3, 0.4) is 0 Å². The van der Waals surface area contributed by atoms with Gasteiger partial charge in [-0.1, -0.05) is 12.1 Å². The van der Waals surface area contributed by atoms with Gasteiger partial charge in [0.2, 0.25) is 5.91 Å². The zero-order chi connectivity index (χ0) is 18.1. The van der Waals surface area contributed by atoms with Crippen LogP contribution in [0, 0.1) is 6.92 Å². The Morgan fingerprint density at radius 1 is 1.23 bits per heavy atom. The van der Waals surface area contributed by atoms with Gasteiger partial charge in [0.15, 0.2) is 0 Å². The molecule has 1 spiro atoms. The third kappa shape index (κ3) is 3.09. The molecule has 4 rings (SSSR count). The van der Waals surface area contributed by atoms with E-state index < -0.39 is 5.54 Å². The number of amides is 1. The molecule has 1 atom stereocenters. The Hall–Kier alpha value is -2.34. The number of fused-ring (bicyclic) bond motifs is 1. The van der Waals surface area contributed by atoms with Crippen molar-refractivity contribution in [3.05, 3.63) is 42.5 Å². The topological polar surface area (TPSA) is 62.2 Å². The number of rotatable bonds is 4. The van der Waals surface area contributed by atoms with Crippen molar-refractivity contribution >= 4 is 17.3 Å². The highest BCUT2D eigenvalue weighted by Crippen LogP contribution is 2.36. The van der Waals surface area contributed by atoms with Gasteiger partial charge in [-0.25, -0.2) is 4.98 Å². The predicted octanol–water partition coefficient (Wildman–Crippen LogP) is 2.87. The Kier molecular flexibility index (Phi) is 4.44. The van der Waals surface area contributed by atoms with Crippen molar-refractivity contribution < 1.29 is 4.79 Å². The number of imidazole rings is 1. The number of benzene rings is 1. The molecule has 26 heavy (non-hydrogen) atoms. The summed E-state index contributed by atoms with van der Waals surface area (Å²) in [5, 5.41) is 6.62. The molecule has 6 heteroatoms. The van der Waals surface area contributed by atoms with Crippen LogP contribution in [-0.2, 0) is 11.3 Å². The fourth-order valence-corrected chi connectivity index (χ4v) is 4.10. The molecule has 2 N–H and O–H groups in total. The first-order valence-corrected chi connectivity index (χ1v) is 9.48. The summed E-state index contributed by atoms with van der Waals surface area (Å²) in [7, 11) is 0. The Morgan fingerprint density at radius 3 is 2.65 bits per heavy atom. The van der Waals surface area contributed by atoms with Gasteiger partial charge in [0.1, 0.15) is 11.4 Å². The molecule has 6 nitrogen and oxygen atoms in total. The molecule has 0 unspecified atom stereocenters. The third-order valence-corrected chi connectivity index (χ3v) is 5.97. The van der Waals surface area contributed by atoms with Crippen LogP contribution in [0.2, 0.25) is 0 Å². The number of nitrogens with zero attached hydrogens (tertiary/aromatic N) is 3. The molecule has 2 aliphatic heterocycles. The zero-order valence-corrected chi connectivity index (χ0v) is 15.5. The monoisotopic (exact) mass is 353 g/mol. The first-order chi connectivity index (χ1) is 12.6. The average molecular weight is 353 g/mol. The molecule has 138 valence electrons. The predicted molar refractivity (Wildman–Crippen MR) is 103 cm³/mol. The molecule has 1 aromatic carbocycles. The first-order valence-electron chi connectivity index (χ1n) is 9.48. The number of carbonyl (C=O) groups excluding carboxylic acids is 1. The number of aromatic nitrogens is 2. The van der Waals surface area contributed by atoms with Crippen LogP contribution in [0.25, 0.3) is 0 Å². The minimum absolute atomic E-state index is 0.109. The van der Waals surface area contributed by atoms with Gasteiger partial charge < -0.3 is 20.1 Å². The number of hydrogen-bond acceptors (Lipinski definition) is 4. The van der Waals surface area contributed by atoms with Gasteiger partial charge in [-0.05, 0) is 45.2 Å². The van der Waals surface area contributed by atoms with Gasteiger partial charge >= 0.3 is 0 Å². The Labute approximate surface area is 154 Å². The van der Waals surface area contributed by atoms with Crippen molar-refractivity contribution in [1.82, 2.24) is 14.5 Å². The summed E-state index contributed by atoms with van der Waals surface area (Å²) in [6, 6.07) is 8.44. The highest BCUT2D eigenvalue weighted by Gasteiger charge is 2.44. The van der Waals surface area contributed by atoms with E-state index in [0.717, 1.165) is 56.1 Å². The van der Waals surface area contributed by atoms with Crippen LogP contribution < -0.4 is 10.6 Å². The number of hydrogen-bond donors (Lipinski definition) is 2. The van der Waals surface area contributed by atoms with Gasteiger partial charge in [0.25, 0.3) is 0 Å². The molecule has 1 fully saturated rings. The fourth-order valence-electron chi connectivity index (χ4n) is 4.10. The summed E-state index contributed by atoms with van der Waals surface area (Å²) in [5.74, 6) is 1.18. The van der Waals surface area contributed by atoms with Gasteiger partial charge in [-0.15, -0.1) is 0 Å². The standard InChI is InChI=1S/C20H27N5O/c1-15(7-11-25-14-10-21-16(25)2)24-12-8-20(9-13-24)19(26)22-17-5-3-4-6-18(17)23-20/h3-6,10,14-15,23H,7-9,11-13H2,1-2H3,(H,22,26)/t15-/m0/s1. The summed E-state index contributed by atoms with van der Waals surface area (Å²) in [6.45, 7) is 7.19. The van der Waals surface area contributed by atoms with E-state index in [1.165, 1.54) is 0 Å². The molecule has 2 aromatic rings. The Balaban J connectivity index is 1.36.